The van der Waals surface area contributed by atoms with Crippen molar-refractivity contribution < 1.29 is 4.79 Å². The van der Waals surface area contributed by atoms with Gasteiger partial charge in [0, 0.05) is 10.9 Å². The summed E-state index contributed by atoms with van der Waals surface area (Å²) in [6, 6.07) is 28.0. The topological polar surface area (TPSA) is 32.7 Å². The number of fused-ring (bicyclic) bond motifs is 1. The number of nitrogens with zero attached hydrogens (tertiary/aromatic N) is 2. The third-order valence-electron chi connectivity index (χ3n) is 4.79. The second-order valence-electron chi connectivity index (χ2n) is 6.51. The average Bonchev–Trinajstić information content (AvgIpc) is 3.36. The highest BCUT2D eigenvalue weighted by Crippen LogP contribution is 2.37. The number of rotatable bonds is 3. The van der Waals surface area contributed by atoms with Crippen LogP contribution in [-0.4, -0.2) is 11.6 Å². The Bertz CT molecular complexity index is 1160. The lowest BCUT2D eigenvalue weighted by atomic mass is 10.1. The Hall–Kier alpha value is -3.50. The minimum atomic E-state index is -0.0910. The summed E-state index contributed by atoms with van der Waals surface area (Å²) < 4.78 is 0. The van der Waals surface area contributed by atoms with E-state index < -0.39 is 0 Å². The maximum Gasteiger partial charge on any atom is 0.282 e. The van der Waals surface area contributed by atoms with Gasteiger partial charge in [-0.25, -0.2) is 4.99 Å². The van der Waals surface area contributed by atoms with Gasteiger partial charge in [-0.05, 0) is 40.8 Å². The summed E-state index contributed by atoms with van der Waals surface area (Å²) in [6.07, 6.45) is 0. The number of benzene rings is 3. The third kappa shape index (κ3) is 2.84. The Morgan fingerprint density at radius 1 is 0.750 bits per heavy atom. The number of carbonyl (C=O) groups excluding carboxylic acids is 1. The molecule has 0 atom stereocenters. The predicted octanol–water partition coefficient (Wildman–Crippen LogP) is 6.21. The second kappa shape index (κ2) is 6.91. The smallest absolute Gasteiger partial charge is 0.274 e. The van der Waals surface area contributed by atoms with Gasteiger partial charge in [0.2, 0.25) is 0 Å². The summed E-state index contributed by atoms with van der Waals surface area (Å²) in [5.74, 6) is -0.0910. The van der Waals surface area contributed by atoms with Crippen molar-refractivity contribution in [1.29, 1.82) is 0 Å². The highest BCUT2D eigenvalue weighted by molar-refractivity contribution is 7.08. The van der Waals surface area contributed by atoms with Gasteiger partial charge in [0.05, 0.1) is 17.1 Å². The molecule has 3 aromatic carbocycles. The van der Waals surface area contributed by atoms with E-state index in [0.717, 1.165) is 33.8 Å². The molecule has 0 bridgehead atoms. The van der Waals surface area contributed by atoms with Crippen molar-refractivity contribution in [3.8, 4) is 11.1 Å². The Labute approximate surface area is 167 Å². The molecule has 0 saturated heterocycles. The number of hydrogen-bond acceptors (Lipinski definition) is 3. The summed E-state index contributed by atoms with van der Waals surface area (Å²) in [5, 5.41) is 3.95. The summed E-state index contributed by atoms with van der Waals surface area (Å²) in [6.45, 7) is 0. The first kappa shape index (κ1) is 16.7. The fraction of sp³-hybridized carbons (Fsp3) is 0. The number of para-hydroxylation sites is 1. The van der Waals surface area contributed by atoms with Crippen molar-refractivity contribution >= 4 is 40.0 Å². The minimum Gasteiger partial charge on any atom is -0.274 e. The van der Waals surface area contributed by atoms with E-state index in [1.807, 2.05) is 83.6 Å². The molecule has 0 saturated carbocycles. The zero-order valence-corrected chi connectivity index (χ0v) is 15.8. The van der Waals surface area contributed by atoms with Crippen LogP contribution in [0.4, 0.5) is 17.1 Å². The molecule has 1 aliphatic rings. The number of amides is 1. The lowest BCUT2D eigenvalue weighted by Crippen LogP contribution is -2.24. The molecule has 0 radical (unpaired) electrons. The van der Waals surface area contributed by atoms with Crippen molar-refractivity contribution in [2.24, 2.45) is 4.99 Å². The molecule has 0 spiro atoms. The number of hydrogen-bond donors (Lipinski definition) is 0. The minimum absolute atomic E-state index is 0.0910. The highest BCUT2D eigenvalue weighted by Gasteiger charge is 2.34. The highest BCUT2D eigenvalue weighted by atomic mass is 32.1. The maximum atomic E-state index is 13.2. The van der Waals surface area contributed by atoms with Crippen LogP contribution in [0.5, 0.6) is 0 Å². The Morgan fingerprint density at radius 3 is 2.21 bits per heavy atom. The molecule has 1 amide bonds. The van der Waals surface area contributed by atoms with Crippen LogP contribution in [0.25, 0.3) is 11.1 Å². The molecule has 0 N–H and O–H groups in total. The van der Waals surface area contributed by atoms with E-state index in [9.17, 15) is 4.79 Å². The average molecular weight is 380 g/mol. The lowest BCUT2D eigenvalue weighted by Gasteiger charge is -2.14. The Morgan fingerprint density at radius 2 is 1.46 bits per heavy atom. The van der Waals surface area contributed by atoms with Crippen molar-refractivity contribution in [2.45, 2.75) is 0 Å². The van der Waals surface area contributed by atoms with Gasteiger partial charge in [-0.15, -0.1) is 0 Å². The fourth-order valence-electron chi connectivity index (χ4n) is 3.44. The summed E-state index contributed by atoms with van der Waals surface area (Å²) >= 11 is 1.57. The maximum absolute atomic E-state index is 13.2. The van der Waals surface area contributed by atoms with Crippen LogP contribution in [0.3, 0.4) is 0 Å². The summed E-state index contributed by atoms with van der Waals surface area (Å²) in [7, 11) is 0. The van der Waals surface area contributed by atoms with Crippen molar-refractivity contribution in [3.63, 3.8) is 0 Å². The van der Waals surface area contributed by atoms with Gasteiger partial charge in [-0.3, -0.25) is 9.69 Å². The van der Waals surface area contributed by atoms with Gasteiger partial charge in [0.1, 0.15) is 5.71 Å². The quantitative estimate of drug-likeness (QED) is 0.416. The molecular weight excluding hydrogens is 364 g/mol. The van der Waals surface area contributed by atoms with E-state index in [0.29, 0.717) is 5.71 Å². The molecule has 1 aromatic heterocycles. The molecule has 2 heterocycles. The van der Waals surface area contributed by atoms with Gasteiger partial charge < -0.3 is 0 Å². The molecule has 4 aromatic rings. The van der Waals surface area contributed by atoms with E-state index in [-0.39, 0.29) is 5.91 Å². The molecule has 134 valence electrons. The van der Waals surface area contributed by atoms with Crippen LogP contribution < -0.4 is 4.90 Å². The molecule has 28 heavy (non-hydrogen) atoms. The van der Waals surface area contributed by atoms with Crippen LogP contribution in [0.2, 0.25) is 0 Å². The Kier molecular flexibility index (Phi) is 4.11. The second-order valence-corrected chi connectivity index (χ2v) is 7.29. The van der Waals surface area contributed by atoms with Crippen LogP contribution in [-0.2, 0) is 4.79 Å². The largest absolute Gasteiger partial charge is 0.282 e. The van der Waals surface area contributed by atoms with E-state index >= 15 is 0 Å². The molecule has 1 aliphatic heterocycles. The van der Waals surface area contributed by atoms with Crippen molar-refractivity contribution in [2.75, 3.05) is 4.90 Å². The molecule has 0 unspecified atom stereocenters. The van der Waals surface area contributed by atoms with Crippen molar-refractivity contribution in [1.82, 2.24) is 0 Å². The summed E-state index contributed by atoms with van der Waals surface area (Å²) in [5.41, 5.74) is 6.16. The molecular formula is C24H16N2OS. The van der Waals surface area contributed by atoms with E-state index in [4.69, 9.17) is 4.99 Å². The van der Waals surface area contributed by atoms with Gasteiger partial charge in [-0.1, -0.05) is 60.7 Å². The van der Waals surface area contributed by atoms with Gasteiger partial charge in [-0.2, -0.15) is 11.3 Å². The Balaban J connectivity index is 1.54. The zero-order chi connectivity index (χ0) is 18.9. The van der Waals surface area contributed by atoms with Gasteiger partial charge in [0.25, 0.3) is 5.91 Å². The summed E-state index contributed by atoms with van der Waals surface area (Å²) in [4.78, 5) is 19.6. The third-order valence-corrected chi connectivity index (χ3v) is 5.46. The SMILES string of the molecule is O=C1/C(=N/c2ccc(-c3ccccc3)cc2)c2ccccc2N1c1ccsc1. The zero-order valence-electron chi connectivity index (χ0n) is 14.9. The van der Waals surface area contributed by atoms with Gasteiger partial charge >= 0.3 is 0 Å². The fourth-order valence-corrected chi connectivity index (χ4v) is 4.06. The monoisotopic (exact) mass is 380 g/mol. The standard InChI is InChI=1S/C24H16N2OS/c27-24-23(21-8-4-5-9-22(21)26(24)20-14-15-28-16-20)25-19-12-10-18(11-13-19)17-6-2-1-3-7-17/h1-16H/b25-23+. The lowest BCUT2D eigenvalue weighted by molar-refractivity contribution is -0.111. The first-order valence-corrected chi connectivity index (χ1v) is 9.96. The molecule has 5 rings (SSSR count). The van der Waals surface area contributed by atoms with E-state index in [1.165, 1.54) is 0 Å². The van der Waals surface area contributed by atoms with E-state index in [1.54, 1.807) is 16.2 Å². The van der Waals surface area contributed by atoms with Crippen LogP contribution in [0.15, 0.2) is 101 Å². The molecule has 0 fully saturated rings. The number of carbonyl (C=O) groups is 1. The number of thiophene rings is 1. The van der Waals surface area contributed by atoms with Crippen LogP contribution in [0.1, 0.15) is 5.56 Å². The first-order chi connectivity index (χ1) is 13.8. The molecule has 3 nitrogen and oxygen atoms in total. The molecule has 0 aliphatic carbocycles. The number of anilines is 2. The normalized spacial score (nSPS) is 14.5. The number of aliphatic imine (C=N–C) groups is 1. The predicted molar refractivity (Wildman–Crippen MR) is 116 cm³/mol. The van der Waals surface area contributed by atoms with Crippen LogP contribution in [0, 0.1) is 0 Å². The van der Waals surface area contributed by atoms with E-state index in [2.05, 4.69) is 12.1 Å². The van der Waals surface area contributed by atoms with Crippen molar-refractivity contribution in [3.05, 3.63) is 101 Å². The van der Waals surface area contributed by atoms with Gasteiger partial charge in [0.15, 0.2) is 0 Å². The van der Waals surface area contributed by atoms with Crippen LogP contribution >= 0.6 is 11.3 Å². The first-order valence-electron chi connectivity index (χ1n) is 9.01. The molecule has 4 heteroatoms.